The summed E-state index contributed by atoms with van der Waals surface area (Å²) in [5.74, 6) is 2.45. The summed E-state index contributed by atoms with van der Waals surface area (Å²) in [7, 11) is 1.64. The van der Waals surface area contributed by atoms with E-state index in [0.29, 0.717) is 5.92 Å². The molecule has 20 heavy (non-hydrogen) atoms. The van der Waals surface area contributed by atoms with E-state index in [-0.39, 0.29) is 17.2 Å². The van der Waals surface area contributed by atoms with Gasteiger partial charge in [-0.1, -0.05) is 13.8 Å². The fourth-order valence-corrected chi connectivity index (χ4v) is 4.30. The predicted molar refractivity (Wildman–Crippen MR) is 79.7 cm³/mol. The van der Waals surface area contributed by atoms with Crippen LogP contribution in [0.3, 0.4) is 0 Å². The lowest BCUT2D eigenvalue weighted by Gasteiger charge is -2.37. The Labute approximate surface area is 120 Å². The summed E-state index contributed by atoms with van der Waals surface area (Å²) >= 11 is 0. The first-order chi connectivity index (χ1) is 9.52. The number of carbonyl (C=O) groups excluding carboxylic acids is 1. The van der Waals surface area contributed by atoms with E-state index in [9.17, 15) is 4.79 Å². The van der Waals surface area contributed by atoms with Crippen molar-refractivity contribution in [2.45, 2.75) is 33.1 Å². The number of rotatable bonds is 3. The largest absolute Gasteiger partial charge is 0.497 e. The van der Waals surface area contributed by atoms with Crippen LogP contribution in [0, 0.1) is 23.2 Å². The molecular weight excluding hydrogens is 250 g/mol. The molecule has 2 bridgehead atoms. The number of nitrogens with one attached hydrogen (secondary N) is 1. The Morgan fingerprint density at radius 1 is 1.25 bits per heavy atom. The van der Waals surface area contributed by atoms with Gasteiger partial charge in [0.15, 0.2) is 0 Å². The summed E-state index contributed by atoms with van der Waals surface area (Å²) in [5, 5.41) is 3.08. The van der Waals surface area contributed by atoms with Gasteiger partial charge in [-0.3, -0.25) is 4.79 Å². The van der Waals surface area contributed by atoms with Crippen molar-refractivity contribution in [1.29, 1.82) is 0 Å². The van der Waals surface area contributed by atoms with Gasteiger partial charge in [-0.25, -0.2) is 0 Å². The third kappa shape index (κ3) is 2.09. The number of ether oxygens (including phenoxy) is 1. The van der Waals surface area contributed by atoms with E-state index in [4.69, 9.17) is 4.74 Å². The Morgan fingerprint density at radius 2 is 1.95 bits per heavy atom. The Morgan fingerprint density at radius 3 is 2.50 bits per heavy atom. The Bertz CT molecular complexity index is 506. The van der Waals surface area contributed by atoms with Crippen molar-refractivity contribution in [1.82, 2.24) is 0 Å². The average Bonchev–Trinajstić information content (AvgIpc) is 2.97. The molecule has 1 aromatic carbocycles. The second-order valence-electron chi connectivity index (χ2n) is 6.79. The van der Waals surface area contributed by atoms with Gasteiger partial charge in [-0.15, -0.1) is 0 Å². The van der Waals surface area contributed by atoms with Crippen molar-refractivity contribution >= 4 is 11.6 Å². The van der Waals surface area contributed by atoms with Gasteiger partial charge in [0.2, 0.25) is 5.91 Å². The third-order valence-electron chi connectivity index (χ3n) is 5.44. The van der Waals surface area contributed by atoms with Crippen LogP contribution >= 0.6 is 0 Å². The van der Waals surface area contributed by atoms with Crippen LogP contribution in [-0.4, -0.2) is 13.0 Å². The fraction of sp³-hybridized carbons (Fsp3) is 0.588. The highest BCUT2D eigenvalue weighted by Crippen LogP contribution is 2.59. The molecule has 0 spiro atoms. The van der Waals surface area contributed by atoms with Gasteiger partial charge >= 0.3 is 0 Å². The molecule has 2 aliphatic rings. The van der Waals surface area contributed by atoms with Crippen LogP contribution in [0.1, 0.15) is 33.1 Å². The zero-order chi connectivity index (χ0) is 14.3. The Balaban J connectivity index is 1.73. The topological polar surface area (TPSA) is 38.3 Å². The minimum absolute atomic E-state index is 0.138. The van der Waals surface area contributed by atoms with E-state index in [1.165, 1.54) is 19.3 Å². The van der Waals surface area contributed by atoms with Crippen molar-refractivity contribution in [3.63, 3.8) is 0 Å². The number of hydrogen-bond acceptors (Lipinski definition) is 2. The van der Waals surface area contributed by atoms with Gasteiger partial charge in [-0.05, 0) is 60.8 Å². The van der Waals surface area contributed by atoms with E-state index in [1.54, 1.807) is 7.11 Å². The molecule has 2 saturated carbocycles. The zero-order valence-electron chi connectivity index (χ0n) is 12.5. The highest BCUT2D eigenvalue weighted by molar-refractivity contribution is 5.93. The summed E-state index contributed by atoms with van der Waals surface area (Å²) in [6, 6.07) is 7.55. The SMILES string of the molecule is COc1ccc(NC(=O)C2C3CCC(C3)C2(C)C)cc1. The van der Waals surface area contributed by atoms with Crippen LogP contribution in [0.5, 0.6) is 5.75 Å². The van der Waals surface area contributed by atoms with Crippen LogP contribution in [0.2, 0.25) is 0 Å². The summed E-state index contributed by atoms with van der Waals surface area (Å²) in [6.07, 6.45) is 3.74. The van der Waals surface area contributed by atoms with Crippen molar-refractivity contribution in [3.8, 4) is 5.75 Å². The van der Waals surface area contributed by atoms with Crippen LogP contribution in [0.15, 0.2) is 24.3 Å². The van der Waals surface area contributed by atoms with Gasteiger partial charge in [0.1, 0.15) is 5.75 Å². The first kappa shape index (κ1) is 13.5. The molecule has 2 fully saturated rings. The van der Waals surface area contributed by atoms with E-state index in [0.717, 1.165) is 17.4 Å². The van der Waals surface area contributed by atoms with Gasteiger partial charge < -0.3 is 10.1 Å². The first-order valence-corrected chi connectivity index (χ1v) is 7.47. The second-order valence-corrected chi connectivity index (χ2v) is 6.79. The maximum absolute atomic E-state index is 12.6. The summed E-state index contributed by atoms with van der Waals surface area (Å²) in [6.45, 7) is 4.52. The minimum Gasteiger partial charge on any atom is -0.497 e. The van der Waals surface area contributed by atoms with E-state index >= 15 is 0 Å². The molecule has 2 aliphatic carbocycles. The molecule has 0 saturated heterocycles. The summed E-state index contributed by atoms with van der Waals surface area (Å²) in [4.78, 5) is 12.6. The van der Waals surface area contributed by atoms with Crippen molar-refractivity contribution in [3.05, 3.63) is 24.3 Å². The highest BCUT2D eigenvalue weighted by atomic mass is 16.5. The maximum atomic E-state index is 12.6. The molecule has 1 aromatic rings. The molecule has 0 radical (unpaired) electrons. The number of fused-ring (bicyclic) bond motifs is 2. The maximum Gasteiger partial charge on any atom is 0.228 e. The monoisotopic (exact) mass is 273 g/mol. The Kier molecular flexibility index (Phi) is 3.23. The predicted octanol–water partition coefficient (Wildman–Crippen LogP) is 3.71. The lowest BCUT2D eigenvalue weighted by molar-refractivity contribution is -0.125. The molecule has 0 aliphatic heterocycles. The number of hydrogen-bond donors (Lipinski definition) is 1. The minimum atomic E-state index is 0.138. The van der Waals surface area contributed by atoms with E-state index in [1.807, 2.05) is 24.3 Å². The average molecular weight is 273 g/mol. The number of anilines is 1. The van der Waals surface area contributed by atoms with E-state index in [2.05, 4.69) is 19.2 Å². The molecule has 108 valence electrons. The van der Waals surface area contributed by atoms with Crippen molar-refractivity contribution in [2.24, 2.45) is 23.2 Å². The molecule has 1 N–H and O–H groups in total. The van der Waals surface area contributed by atoms with Crippen LogP contribution in [0.4, 0.5) is 5.69 Å². The standard InChI is InChI=1S/C17H23NO2/c1-17(2)12-5-4-11(10-12)15(17)16(19)18-13-6-8-14(20-3)9-7-13/h6-9,11-12,15H,4-5,10H2,1-3H3,(H,18,19). The zero-order valence-corrected chi connectivity index (χ0v) is 12.5. The number of amides is 1. The molecule has 3 rings (SSSR count). The van der Waals surface area contributed by atoms with Gasteiger partial charge in [0.25, 0.3) is 0 Å². The number of carbonyl (C=O) groups is 1. The number of methoxy groups -OCH3 is 1. The number of benzene rings is 1. The van der Waals surface area contributed by atoms with Crippen molar-refractivity contribution in [2.75, 3.05) is 12.4 Å². The van der Waals surface area contributed by atoms with Crippen LogP contribution < -0.4 is 10.1 Å². The lowest BCUT2D eigenvalue weighted by Crippen LogP contribution is -2.39. The lowest BCUT2D eigenvalue weighted by atomic mass is 9.68. The molecule has 3 unspecified atom stereocenters. The normalized spacial score (nSPS) is 30.2. The molecule has 1 amide bonds. The molecule has 3 nitrogen and oxygen atoms in total. The third-order valence-corrected chi connectivity index (χ3v) is 5.44. The molecule has 3 atom stereocenters. The van der Waals surface area contributed by atoms with E-state index < -0.39 is 0 Å². The fourth-order valence-electron chi connectivity index (χ4n) is 4.30. The smallest absolute Gasteiger partial charge is 0.228 e. The second kappa shape index (κ2) is 4.80. The van der Waals surface area contributed by atoms with Gasteiger partial charge in [0.05, 0.1) is 7.11 Å². The van der Waals surface area contributed by atoms with Gasteiger partial charge in [-0.2, -0.15) is 0 Å². The Hall–Kier alpha value is -1.51. The first-order valence-electron chi connectivity index (χ1n) is 7.47. The molecule has 0 heterocycles. The van der Waals surface area contributed by atoms with Gasteiger partial charge in [0, 0.05) is 11.6 Å². The molecule has 0 aromatic heterocycles. The summed E-state index contributed by atoms with van der Waals surface area (Å²) < 4.78 is 5.13. The van der Waals surface area contributed by atoms with Crippen LogP contribution in [-0.2, 0) is 4.79 Å². The van der Waals surface area contributed by atoms with Crippen LogP contribution in [0.25, 0.3) is 0 Å². The molecule has 3 heteroatoms. The molecular formula is C17H23NO2. The van der Waals surface area contributed by atoms with Crippen molar-refractivity contribution < 1.29 is 9.53 Å². The highest BCUT2D eigenvalue weighted by Gasteiger charge is 2.55. The summed E-state index contributed by atoms with van der Waals surface area (Å²) in [5.41, 5.74) is 0.994. The quantitative estimate of drug-likeness (QED) is 0.911.